The Bertz CT molecular complexity index is 898. The smallest absolute Gasteiger partial charge is 0.0894 e. The first-order chi connectivity index (χ1) is 11.7. The lowest BCUT2D eigenvalue weighted by atomic mass is 10.2. The first kappa shape index (κ1) is 15.6. The Kier molecular flexibility index (Phi) is 4.79. The van der Waals surface area contributed by atoms with E-state index >= 15 is 0 Å². The molecule has 0 aliphatic rings. The summed E-state index contributed by atoms with van der Waals surface area (Å²) in [6.07, 6.45) is 9.13. The third-order valence-corrected chi connectivity index (χ3v) is 3.44. The Morgan fingerprint density at radius 2 is 1.67 bits per heavy atom. The monoisotopic (exact) mass is 314 g/mol. The molecule has 4 heteroatoms. The normalized spacial score (nSPS) is 11.4. The van der Waals surface area contributed by atoms with Gasteiger partial charge in [-0.05, 0) is 42.0 Å². The fourth-order valence-corrected chi connectivity index (χ4v) is 2.16. The van der Waals surface area contributed by atoms with Gasteiger partial charge in [0.1, 0.15) is 0 Å². The molecule has 0 amide bonds. The molecule has 3 rings (SSSR count). The van der Waals surface area contributed by atoms with E-state index in [0.717, 1.165) is 28.0 Å². The molecule has 0 radical (unpaired) electrons. The number of aromatic nitrogens is 2. The van der Waals surface area contributed by atoms with Gasteiger partial charge in [-0.3, -0.25) is 9.99 Å². The van der Waals surface area contributed by atoms with Gasteiger partial charge in [-0.2, -0.15) is 0 Å². The second-order valence-corrected chi connectivity index (χ2v) is 5.25. The maximum Gasteiger partial charge on any atom is 0.0894 e. The highest BCUT2D eigenvalue weighted by Gasteiger charge is 1.97. The van der Waals surface area contributed by atoms with E-state index in [-0.39, 0.29) is 0 Å². The van der Waals surface area contributed by atoms with E-state index in [2.05, 4.69) is 16.5 Å². The fourth-order valence-electron chi connectivity index (χ4n) is 2.16. The molecule has 0 spiro atoms. The van der Waals surface area contributed by atoms with E-state index < -0.39 is 0 Å². The lowest BCUT2D eigenvalue weighted by Gasteiger charge is -2.12. The summed E-state index contributed by atoms with van der Waals surface area (Å²) < 4.78 is 0. The number of hydrogen-bond donors (Lipinski definition) is 1. The van der Waals surface area contributed by atoms with Crippen LogP contribution in [-0.2, 0) is 0 Å². The summed E-state index contributed by atoms with van der Waals surface area (Å²) in [7, 11) is 0. The van der Waals surface area contributed by atoms with Crippen LogP contribution in [-0.4, -0.2) is 9.97 Å². The van der Waals surface area contributed by atoms with E-state index in [1.54, 1.807) is 17.4 Å². The number of nitrogens with two attached hydrogens (primary N) is 1. The van der Waals surface area contributed by atoms with Gasteiger partial charge in [-0.1, -0.05) is 43.0 Å². The van der Waals surface area contributed by atoms with Crippen molar-refractivity contribution in [2.75, 3.05) is 5.01 Å². The molecule has 0 atom stereocenters. The van der Waals surface area contributed by atoms with Crippen LogP contribution in [0.25, 0.3) is 17.1 Å². The number of allylic oxidation sites excluding steroid dienone is 3. The average molecular weight is 314 g/mol. The number of hydrazine groups is 1. The van der Waals surface area contributed by atoms with Crippen molar-refractivity contribution < 1.29 is 0 Å². The molecule has 0 unspecified atom stereocenters. The highest BCUT2D eigenvalue weighted by Crippen LogP contribution is 2.12. The van der Waals surface area contributed by atoms with Crippen molar-refractivity contribution >= 4 is 22.8 Å². The molecule has 0 bridgehead atoms. The summed E-state index contributed by atoms with van der Waals surface area (Å²) in [4.78, 5) is 8.92. The minimum Gasteiger partial charge on any atom is -0.287 e. The van der Waals surface area contributed by atoms with Gasteiger partial charge in [-0.25, -0.2) is 10.8 Å². The molecule has 1 heterocycles. The van der Waals surface area contributed by atoms with Crippen molar-refractivity contribution in [1.29, 1.82) is 0 Å². The molecule has 3 aromatic rings. The average Bonchev–Trinajstić information content (AvgIpc) is 2.65. The van der Waals surface area contributed by atoms with Crippen LogP contribution >= 0.6 is 0 Å². The maximum absolute atomic E-state index is 5.97. The first-order valence-corrected chi connectivity index (χ1v) is 7.58. The molecule has 0 aliphatic heterocycles. The van der Waals surface area contributed by atoms with Crippen LogP contribution < -0.4 is 10.9 Å². The molecule has 4 nitrogen and oxygen atoms in total. The number of benzene rings is 2. The summed E-state index contributed by atoms with van der Waals surface area (Å²) >= 11 is 0. The summed E-state index contributed by atoms with van der Waals surface area (Å²) in [6.45, 7) is 3.99. The number of para-hydroxylation sites is 3. The van der Waals surface area contributed by atoms with Gasteiger partial charge in [0.15, 0.2) is 0 Å². The van der Waals surface area contributed by atoms with Crippen LogP contribution in [0, 0.1) is 0 Å². The Labute approximate surface area is 141 Å². The van der Waals surface area contributed by atoms with E-state index in [4.69, 9.17) is 5.84 Å². The molecule has 0 saturated carbocycles. The van der Waals surface area contributed by atoms with E-state index in [0.29, 0.717) is 0 Å². The lowest BCUT2D eigenvalue weighted by Crippen LogP contribution is -2.23. The van der Waals surface area contributed by atoms with Crippen LogP contribution in [0.2, 0.25) is 0 Å². The zero-order valence-electron chi connectivity index (χ0n) is 13.2. The second-order valence-electron chi connectivity index (χ2n) is 5.25. The van der Waals surface area contributed by atoms with Crippen molar-refractivity contribution in [2.45, 2.75) is 0 Å². The Morgan fingerprint density at radius 1 is 0.958 bits per heavy atom. The predicted molar refractivity (Wildman–Crippen MR) is 100.0 cm³/mol. The van der Waals surface area contributed by atoms with E-state index in [9.17, 15) is 0 Å². The molecule has 2 aromatic carbocycles. The summed E-state index contributed by atoms with van der Waals surface area (Å²) in [6, 6.07) is 17.5. The Hall–Kier alpha value is -3.24. The highest BCUT2D eigenvalue weighted by molar-refractivity contribution is 5.74. The molecule has 118 valence electrons. The molecular formula is C20H18N4. The van der Waals surface area contributed by atoms with Gasteiger partial charge in [0.25, 0.3) is 0 Å². The van der Waals surface area contributed by atoms with Crippen molar-refractivity contribution in [1.82, 2.24) is 9.97 Å². The number of fused-ring (bicyclic) bond motifs is 1. The number of anilines is 1. The maximum atomic E-state index is 5.97. The second kappa shape index (κ2) is 7.35. The van der Waals surface area contributed by atoms with E-state index in [1.165, 1.54) is 0 Å². The van der Waals surface area contributed by atoms with E-state index in [1.807, 2.05) is 72.8 Å². The lowest BCUT2D eigenvalue weighted by molar-refractivity contribution is 1.08. The van der Waals surface area contributed by atoms with Gasteiger partial charge >= 0.3 is 0 Å². The highest BCUT2D eigenvalue weighted by atomic mass is 15.4. The quantitative estimate of drug-likeness (QED) is 0.438. The molecule has 24 heavy (non-hydrogen) atoms. The third kappa shape index (κ3) is 3.94. The fraction of sp³-hybridized carbons (Fsp3) is 0. The van der Waals surface area contributed by atoms with Gasteiger partial charge in [-0.15, -0.1) is 0 Å². The molecule has 0 fully saturated rings. The molecule has 2 N–H and O–H groups in total. The standard InChI is InChI=1S/C20H18N4/c1-16(13-14-24(21)18-7-3-2-4-8-18)11-12-17-15-22-19-9-5-6-10-20(19)23-17/h2-15H,1,21H2/b12-11?,14-13-. The molecule has 0 aliphatic carbocycles. The van der Waals surface area contributed by atoms with Crippen LogP contribution in [0.4, 0.5) is 5.69 Å². The van der Waals surface area contributed by atoms with Crippen molar-refractivity contribution in [3.05, 3.63) is 97.0 Å². The van der Waals surface area contributed by atoms with Crippen LogP contribution in [0.5, 0.6) is 0 Å². The van der Waals surface area contributed by atoms with Gasteiger partial charge < -0.3 is 0 Å². The SMILES string of the molecule is C=C(C=Cc1cnc2ccccc2n1)/C=C\N(N)c1ccccc1. The molecular weight excluding hydrogens is 296 g/mol. The largest absolute Gasteiger partial charge is 0.287 e. The number of hydrogen-bond acceptors (Lipinski definition) is 4. The predicted octanol–water partition coefficient (Wildman–Crippen LogP) is 4.09. The zero-order chi connectivity index (χ0) is 16.8. The third-order valence-electron chi connectivity index (χ3n) is 3.44. The molecule has 1 aromatic heterocycles. The van der Waals surface area contributed by atoms with Crippen LogP contribution in [0.3, 0.4) is 0 Å². The summed E-state index contributed by atoms with van der Waals surface area (Å²) in [5.74, 6) is 5.97. The number of rotatable bonds is 5. The number of nitrogens with zero attached hydrogens (tertiary/aromatic N) is 3. The Morgan fingerprint density at radius 3 is 2.46 bits per heavy atom. The summed E-state index contributed by atoms with van der Waals surface area (Å²) in [5, 5.41) is 1.55. The molecule has 0 saturated heterocycles. The van der Waals surface area contributed by atoms with Crippen LogP contribution in [0.15, 0.2) is 91.3 Å². The van der Waals surface area contributed by atoms with Crippen LogP contribution in [0.1, 0.15) is 5.69 Å². The minimum absolute atomic E-state index is 0.788. The van der Waals surface area contributed by atoms with Gasteiger partial charge in [0.2, 0.25) is 0 Å². The Balaban J connectivity index is 1.67. The van der Waals surface area contributed by atoms with Gasteiger partial charge in [0.05, 0.1) is 28.6 Å². The van der Waals surface area contributed by atoms with Crippen molar-refractivity contribution in [3.63, 3.8) is 0 Å². The zero-order valence-corrected chi connectivity index (χ0v) is 13.2. The minimum atomic E-state index is 0.788. The first-order valence-electron chi connectivity index (χ1n) is 7.58. The van der Waals surface area contributed by atoms with Gasteiger partial charge in [0, 0.05) is 6.20 Å². The summed E-state index contributed by atoms with van der Waals surface area (Å²) in [5.41, 5.74) is 4.27. The topological polar surface area (TPSA) is 55.0 Å². The van der Waals surface area contributed by atoms with Crippen molar-refractivity contribution in [2.24, 2.45) is 5.84 Å². The van der Waals surface area contributed by atoms with Crippen molar-refractivity contribution in [3.8, 4) is 0 Å².